The molecule has 1 amide bonds. The van der Waals surface area contributed by atoms with E-state index < -0.39 is 11.7 Å². The summed E-state index contributed by atoms with van der Waals surface area (Å²) in [5.41, 5.74) is 3.39. The van der Waals surface area contributed by atoms with Crippen LogP contribution in [0.1, 0.15) is 26.3 Å². The molecular weight excluding hydrogens is 535 g/mol. The number of aliphatic imine (C=N–C) groups is 1. The number of alkyl carbamates (subject to hydrolysis) is 1. The smallest absolute Gasteiger partial charge is 0.414 e. The highest BCUT2D eigenvalue weighted by atomic mass is 35.5. The van der Waals surface area contributed by atoms with E-state index in [1.807, 2.05) is 60.7 Å². The number of carbonyl (C=O) groups excluding carboxylic acids is 1. The Morgan fingerprint density at radius 2 is 1.67 bits per heavy atom. The van der Waals surface area contributed by atoms with E-state index in [0.717, 1.165) is 27.1 Å². The molecule has 0 aliphatic carbocycles. The minimum atomic E-state index is -0.657. The van der Waals surface area contributed by atoms with E-state index in [2.05, 4.69) is 15.0 Å². The Balaban J connectivity index is 1.63. The van der Waals surface area contributed by atoms with Gasteiger partial charge in [0.25, 0.3) is 0 Å². The van der Waals surface area contributed by atoms with E-state index in [-0.39, 0.29) is 18.3 Å². The summed E-state index contributed by atoms with van der Waals surface area (Å²) in [6.45, 7) is 5.61. The monoisotopic (exact) mass is 562 g/mol. The van der Waals surface area contributed by atoms with Gasteiger partial charge in [-0.3, -0.25) is 15.0 Å². The molecule has 9 heteroatoms. The highest BCUT2D eigenvalue weighted by Gasteiger charge is 2.18. The van der Waals surface area contributed by atoms with Crippen molar-refractivity contribution in [2.45, 2.75) is 37.8 Å². The van der Waals surface area contributed by atoms with E-state index in [9.17, 15) is 9.18 Å². The predicted octanol–water partition coefficient (Wildman–Crippen LogP) is 7.89. The number of benzene rings is 3. The summed E-state index contributed by atoms with van der Waals surface area (Å²) in [6, 6.07) is 25.3. The van der Waals surface area contributed by atoms with Crippen LogP contribution in [0.5, 0.6) is 0 Å². The first-order chi connectivity index (χ1) is 18.7. The van der Waals surface area contributed by atoms with Crippen LogP contribution < -0.4 is 10.0 Å². The number of pyridine rings is 1. The summed E-state index contributed by atoms with van der Waals surface area (Å²) >= 11 is 7.43. The number of nitrogens with zero attached hydrogens (tertiary/aromatic N) is 2. The van der Waals surface area contributed by atoms with Crippen molar-refractivity contribution < 1.29 is 13.9 Å². The fraction of sp³-hybridized carbons (Fsp3) is 0.167. The zero-order valence-corrected chi connectivity index (χ0v) is 23.3. The maximum absolute atomic E-state index is 13.6. The summed E-state index contributed by atoms with van der Waals surface area (Å²) < 4.78 is 22.1. The number of rotatable bonds is 6. The highest BCUT2D eigenvalue weighted by molar-refractivity contribution is 7.98. The van der Waals surface area contributed by atoms with Crippen LogP contribution in [0.3, 0.4) is 0 Å². The molecular formula is C30H28ClFN4O2S. The normalized spacial score (nSPS) is 11.7. The van der Waals surface area contributed by atoms with Crippen molar-refractivity contribution in [2.24, 2.45) is 4.99 Å². The predicted molar refractivity (Wildman–Crippen MR) is 156 cm³/mol. The maximum Gasteiger partial charge on any atom is 0.414 e. The van der Waals surface area contributed by atoms with Crippen molar-refractivity contribution in [2.75, 3.05) is 0 Å². The number of ether oxygens (including phenoxy) is 1. The molecule has 0 unspecified atom stereocenters. The van der Waals surface area contributed by atoms with E-state index >= 15 is 0 Å². The van der Waals surface area contributed by atoms with Crippen molar-refractivity contribution in [1.82, 2.24) is 15.0 Å². The van der Waals surface area contributed by atoms with Crippen LogP contribution >= 0.6 is 23.5 Å². The van der Waals surface area contributed by atoms with Gasteiger partial charge in [-0.05, 0) is 98.4 Å². The van der Waals surface area contributed by atoms with E-state index in [1.54, 1.807) is 39.1 Å². The first kappa shape index (κ1) is 28.1. The summed E-state index contributed by atoms with van der Waals surface area (Å²) in [7, 11) is 0. The van der Waals surface area contributed by atoms with Gasteiger partial charge in [-0.1, -0.05) is 41.9 Å². The van der Waals surface area contributed by atoms with E-state index in [4.69, 9.17) is 21.3 Å². The second kappa shape index (κ2) is 12.8. The van der Waals surface area contributed by atoms with Gasteiger partial charge in [-0.2, -0.15) is 0 Å². The van der Waals surface area contributed by atoms with Gasteiger partial charge in [-0.15, -0.1) is 0 Å². The van der Waals surface area contributed by atoms with Crippen molar-refractivity contribution in [3.63, 3.8) is 0 Å². The molecule has 200 valence electrons. The average molecular weight is 563 g/mol. The van der Waals surface area contributed by atoms with Gasteiger partial charge in [0.15, 0.2) is 0 Å². The Morgan fingerprint density at radius 1 is 1.00 bits per heavy atom. The molecule has 1 heterocycles. The van der Waals surface area contributed by atoms with Gasteiger partial charge in [0, 0.05) is 27.2 Å². The number of carbonyl (C=O) groups is 1. The van der Waals surface area contributed by atoms with Crippen LogP contribution in [0.4, 0.5) is 9.18 Å². The quantitative estimate of drug-likeness (QED) is 0.142. The van der Waals surface area contributed by atoms with Crippen LogP contribution in [0.15, 0.2) is 101 Å². The lowest BCUT2D eigenvalue weighted by atomic mass is 9.98. The van der Waals surface area contributed by atoms with Crippen LogP contribution in [-0.2, 0) is 11.3 Å². The molecule has 0 aliphatic heterocycles. The molecule has 0 spiro atoms. The molecule has 0 radical (unpaired) electrons. The van der Waals surface area contributed by atoms with Crippen molar-refractivity contribution in [3.05, 3.63) is 108 Å². The Labute approximate surface area is 236 Å². The number of hydrogen-bond donors (Lipinski definition) is 2. The summed E-state index contributed by atoms with van der Waals surface area (Å²) in [5.74, 6) is -0.0719. The molecule has 0 bridgehead atoms. The number of hydrogen-bond acceptors (Lipinski definition) is 5. The van der Waals surface area contributed by atoms with Crippen LogP contribution in [0.2, 0.25) is 5.02 Å². The molecule has 0 atom stereocenters. The third kappa shape index (κ3) is 8.56. The second-order valence-electron chi connectivity index (χ2n) is 9.56. The third-order valence-electron chi connectivity index (χ3n) is 5.27. The topological polar surface area (TPSA) is 75.6 Å². The van der Waals surface area contributed by atoms with E-state index in [0.29, 0.717) is 10.7 Å². The molecule has 6 nitrogen and oxygen atoms in total. The van der Waals surface area contributed by atoms with Crippen molar-refractivity contribution >= 4 is 35.6 Å². The lowest BCUT2D eigenvalue weighted by Gasteiger charge is -2.20. The van der Waals surface area contributed by atoms with E-state index in [1.165, 1.54) is 24.1 Å². The SMILES string of the molecule is CC(C)(C)OC(=O)NC(=NCc1cnc(-c2ccc(F)cc2)c(-c2ccc(Cl)cc2)c1)NSc1ccccc1. The lowest BCUT2D eigenvalue weighted by molar-refractivity contribution is 0.0562. The van der Waals surface area contributed by atoms with Gasteiger partial charge in [0.2, 0.25) is 5.96 Å². The molecule has 0 aliphatic rings. The third-order valence-corrected chi connectivity index (χ3v) is 6.32. The number of halogens is 2. The molecule has 0 saturated heterocycles. The summed E-state index contributed by atoms with van der Waals surface area (Å²) in [4.78, 5) is 22.7. The zero-order chi connectivity index (χ0) is 27.8. The highest BCUT2D eigenvalue weighted by Crippen LogP contribution is 2.32. The molecule has 0 saturated carbocycles. The first-order valence-corrected chi connectivity index (χ1v) is 13.4. The Morgan fingerprint density at radius 3 is 2.33 bits per heavy atom. The molecule has 3 aromatic carbocycles. The standard InChI is InChI=1S/C30H28ClFN4O2S/c1-30(2,3)38-29(37)35-28(36-39-25-7-5-4-6-8-25)34-19-20-17-26(21-9-13-23(31)14-10-21)27(33-18-20)22-11-15-24(32)16-12-22/h4-18H,19H2,1-3H3,(H2,34,35,36,37). The minimum Gasteiger partial charge on any atom is -0.444 e. The summed E-state index contributed by atoms with van der Waals surface area (Å²) in [5, 5.41) is 3.32. The maximum atomic E-state index is 13.6. The molecule has 1 aromatic heterocycles. The van der Waals surface area contributed by atoms with Gasteiger partial charge in [-0.25, -0.2) is 14.2 Å². The number of nitrogens with one attached hydrogen (secondary N) is 2. The lowest BCUT2D eigenvalue weighted by Crippen LogP contribution is -2.41. The van der Waals surface area contributed by atoms with Crippen LogP contribution in [0, 0.1) is 5.82 Å². The van der Waals surface area contributed by atoms with Gasteiger partial charge in [0.1, 0.15) is 11.4 Å². The molecule has 2 N–H and O–H groups in total. The Hall–Kier alpha value is -3.88. The minimum absolute atomic E-state index is 0.227. The van der Waals surface area contributed by atoms with Crippen molar-refractivity contribution in [3.8, 4) is 22.4 Å². The van der Waals surface area contributed by atoms with Crippen LogP contribution in [0.25, 0.3) is 22.4 Å². The largest absolute Gasteiger partial charge is 0.444 e. The van der Waals surface area contributed by atoms with Crippen LogP contribution in [-0.4, -0.2) is 22.6 Å². The number of aromatic nitrogens is 1. The molecule has 0 fully saturated rings. The molecule has 39 heavy (non-hydrogen) atoms. The van der Waals surface area contributed by atoms with Gasteiger partial charge in [0.05, 0.1) is 12.2 Å². The zero-order valence-electron chi connectivity index (χ0n) is 21.7. The average Bonchev–Trinajstić information content (AvgIpc) is 2.90. The fourth-order valence-electron chi connectivity index (χ4n) is 3.55. The van der Waals surface area contributed by atoms with Crippen molar-refractivity contribution in [1.29, 1.82) is 0 Å². The fourth-order valence-corrected chi connectivity index (χ4v) is 4.29. The number of guanidine groups is 1. The van der Waals surface area contributed by atoms with Gasteiger partial charge >= 0.3 is 6.09 Å². The number of amides is 1. The molecule has 4 rings (SSSR count). The summed E-state index contributed by atoms with van der Waals surface area (Å²) in [6.07, 6.45) is 1.10. The first-order valence-electron chi connectivity index (χ1n) is 12.2. The second-order valence-corrected chi connectivity index (χ2v) is 10.9. The Bertz CT molecular complexity index is 1440. The molecule has 4 aromatic rings. The van der Waals surface area contributed by atoms with Gasteiger partial charge < -0.3 is 4.74 Å². The Kier molecular flexibility index (Phi) is 9.22.